The molecule has 1 aliphatic rings. The molecule has 0 saturated carbocycles. The zero-order valence-corrected chi connectivity index (χ0v) is 15.0. The van der Waals surface area contributed by atoms with Gasteiger partial charge in [0.15, 0.2) is 0 Å². The Morgan fingerprint density at radius 2 is 2.08 bits per heavy atom. The minimum atomic E-state index is 0.351. The zero-order valence-electron chi connectivity index (χ0n) is 15.0. The predicted molar refractivity (Wildman–Crippen MR) is 96.2 cm³/mol. The molecule has 1 aliphatic heterocycles. The van der Waals surface area contributed by atoms with Crippen molar-refractivity contribution >= 4 is 0 Å². The molecule has 1 saturated heterocycles. The quantitative estimate of drug-likeness (QED) is 0.816. The number of aryl methyl sites for hydroxylation is 1. The van der Waals surface area contributed by atoms with E-state index in [0.717, 1.165) is 44.9 Å². The summed E-state index contributed by atoms with van der Waals surface area (Å²) in [6, 6.07) is 8.71. The van der Waals surface area contributed by atoms with Crippen molar-refractivity contribution in [1.82, 2.24) is 19.4 Å². The highest BCUT2D eigenvalue weighted by Gasteiger charge is 2.28. The molecule has 5 heteroatoms. The van der Waals surface area contributed by atoms with Crippen molar-refractivity contribution < 1.29 is 4.74 Å². The lowest BCUT2D eigenvalue weighted by atomic mass is 10.0. The fourth-order valence-electron chi connectivity index (χ4n) is 3.49. The molecule has 5 nitrogen and oxygen atoms in total. The van der Waals surface area contributed by atoms with E-state index in [1.807, 2.05) is 12.3 Å². The second-order valence-electron chi connectivity index (χ2n) is 6.51. The molecule has 0 spiro atoms. The number of imidazole rings is 1. The Hall–Kier alpha value is -1.85. The molecule has 3 rings (SSSR count). The fourth-order valence-corrected chi connectivity index (χ4v) is 3.49. The molecule has 130 valence electrons. The zero-order chi connectivity index (χ0) is 16.9. The van der Waals surface area contributed by atoms with Gasteiger partial charge in [0, 0.05) is 44.1 Å². The van der Waals surface area contributed by atoms with Gasteiger partial charge in [-0.15, -0.1) is 0 Å². The summed E-state index contributed by atoms with van der Waals surface area (Å²) in [5.41, 5.74) is 1.27. The van der Waals surface area contributed by atoms with Crippen LogP contribution in [0.1, 0.15) is 30.8 Å². The van der Waals surface area contributed by atoms with E-state index < -0.39 is 0 Å². The summed E-state index contributed by atoms with van der Waals surface area (Å²) >= 11 is 0. The van der Waals surface area contributed by atoms with E-state index in [4.69, 9.17) is 4.74 Å². The van der Waals surface area contributed by atoms with Gasteiger partial charge in [-0.05, 0) is 19.5 Å². The van der Waals surface area contributed by atoms with Gasteiger partial charge in [-0.3, -0.25) is 9.80 Å². The highest BCUT2D eigenvalue weighted by molar-refractivity contribution is 5.36. The second-order valence-corrected chi connectivity index (χ2v) is 6.51. The molecular weight excluding hydrogens is 300 g/mol. The Bertz CT molecular complexity index is 654. The summed E-state index contributed by atoms with van der Waals surface area (Å²) in [4.78, 5) is 9.49. The Labute approximate surface area is 144 Å². The third kappa shape index (κ3) is 3.62. The molecule has 1 unspecified atom stereocenters. The average molecular weight is 328 g/mol. The van der Waals surface area contributed by atoms with Crippen molar-refractivity contribution in [3.8, 4) is 5.75 Å². The number of hydrogen-bond donors (Lipinski definition) is 0. The van der Waals surface area contributed by atoms with Crippen LogP contribution in [-0.4, -0.2) is 53.1 Å². The van der Waals surface area contributed by atoms with Gasteiger partial charge in [-0.1, -0.05) is 25.1 Å². The first-order chi connectivity index (χ1) is 11.7. The van der Waals surface area contributed by atoms with Crippen LogP contribution in [0.5, 0.6) is 5.75 Å². The largest absolute Gasteiger partial charge is 0.496 e. The number of likely N-dealkylation sites (N-methyl/N-ethyl adjacent to an activating group) is 1. The monoisotopic (exact) mass is 328 g/mol. The van der Waals surface area contributed by atoms with Crippen molar-refractivity contribution in [2.75, 3.05) is 33.8 Å². The molecular formula is C19H28N4O. The normalized spacial score (nSPS) is 19.5. The summed E-state index contributed by atoms with van der Waals surface area (Å²) in [6.45, 7) is 7.27. The van der Waals surface area contributed by atoms with E-state index in [2.05, 4.69) is 57.7 Å². The van der Waals surface area contributed by atoms with Gasteiger partial charge in [0.2, 0.25) is 0 Å². The molecule has 1 aromatic carbocycles. The van der Waals surface area contributed by atoms with Crippen LogP contribution in [0.3, 0.4) is 0 Å². The number of rotatable bonds is 6. The lowest BCUT2D eigenvalue weighted by molar-refractivity contribution is 0.0863. The summed E-state index contributed by atoms with van der Waals surface area (Å²) in [5, 5.41) is 0. The molecule has 0 bridgehead atoms. The van der Waals surface area contributed by atoms with Crippen LogP contribution in [-0.2, 0) is 13.1 Å². The smallest absolute Gasteiger partial charge is 0.123 e. The second kappa shape index (κ2) is 7.81. The van der Waals surface area contributed by atoms with E-state index in [1.54, 1.807) is 7.11 Å². The summed E-state index contributed by atoms with van der Waals surface area (Å²) in [6.07, 6.45) is 5.14. The van der Waals surface area contributed by atoms with E-state index in [1.165, 1.54) is 11.4 Å². The first-order valence-corrected chi connectivity index (χ1v) is 8.78. The maximum atomic E-state index is 5.58. The molecule has 1 aromatic heterocycles. The minimum Gasteiger partial charge on any atom is -0.496 e. The van der Waals surface area contributed by atoms with Gasteiger partial charge < -0.3 is 9.30 Å². The molecule has 1 atom stereocenters. The van der Waals surface area contributed by atoms with Gasteiger partial charge in [0.1, 0.15) is 11.6 Å². The third-order valence-electron chi connectivity index (χ3n) is 4.86. The number of nitrogens with zero attached hydrogens (tertiary/aromatic N) is 4. The first-order valence-electron chi connectivity index (χ1n) is 8.78. The number of hydrogen-bond acceptors (Lipinski definition) is 4. The van der Waals surface area contributed by atoms with E-state index in [-0.39, 0.29) is 0 Å². The van der Waals surface area contributed by atoms with Crippen LogP contribution in [0.4, 0.5) is 0 Å². The van der Waals surface area contributed by atoms with E-state index in [0.29, 0.717) is 6.04 Å². The summed E-state index contributed by atoms with van der Waals surface area (Å²) < 4.78 is 7.85. The van der Waals surface area contributed by atoms with Crippen molar-refractivity contribution in [2.24, 2.45) is 0 Å². The maximum absolute atomic E-state index is 5.58. The lowest BCUT2D eigenvalue weighted by Gasteiger charge is -2.40. The van der Waals surface area contributed by atoms with Crippen LogP contribution in [0.2, 0.25) is 0 Å². The molecule has 2 aromatic rings. The Morgan fingerprint density at radius 1 is 1.25 bits per heavy atom. The lowest BCUT2D eigenvalue weighted by Crippen LogP contribution is -2.46. The highest BCUT2D eigenvalue weighted by Crippen LogP contribution is 2.31. The van der Waals surface area contributed by atoms with Gasteiger partial charge in [-0.25, -0.2) is 4.98 Å². The van der Waals surface area contributed by atoms with E-state index in [9.17, 15) is 0 Å². The molecule has 0 N–H and O–H groups in total. The van der Waals surface area contributed by atoms with Gasteiger partial charge in [0.25, 0.3) is 0 Å². The molecule has 2 heterocycles. The molecule has 0 aliphatic carbocycles. The minimum absolute atomic E-state index is 0.351. The summed E-state index contributed by atoms with van der Waals surface area (Å²) in [7, 11) is 3.95. The third-order valence-corrected chi connectivity index (χ3v) is 4.86. The highest BCUT2D eigenvalue weighted by atomic mass is 16.5. The maximum Gasteiger partial charge on any atom is 0.123 e. The first kappa shape index (κ1) is 17.0. The summed E-state index contributed by atoms with van der Waals surface area (Å²) in [5.74, 6) is 2.14. The Balaban J connectivity index is 1.74. The topological polar surface area (TPSA) is 33.5 Å². The van der Waals surface area contributed by atoms with Crippen LogP contribution >= 0.6 is 0 Å². The van der Waals surface area contributed by atoms with Crippen molar-refractivity contribution in [1.29, 1.82) is 0 Å². The SMILES string of the molecule is CCCn1ccnc1CN1CCN(C)C(c2ccccc2OC)C1. The van der Waals surface area contributed by atoms with Gasteiger partial charge in [-0.2, -0.15) is 0 Å². The van der Waals surface area contributed by atoms with E-state index >= 15 is 0 Å². The number of piperazine rings is 1. The van der Waals surface area contributed by atoms with Crippen molar-refractivity contribution in [3.63, 3.8) is 0 Å². The predicted octanol–water partition coefficient (Wildman–Crippen LogP) is 2.79. The number of ether oxygens (including phenoxy) is 1. The van der Waals surface area contributed by atoms with Crippen LogP contribution in [0, 0.1) is 0 Å². The number of benzene rings is 1. The Kier molecular flexibility index (Phi) is 5.53. The standard InChI is InChI=1S/C19H28N4O/c1-4-10-23-11-9-20-19(23)15-22-13-12-21(2)17(14-22)16-7-5-6-8-18(16)24-3/h5-9,11,17H,4,10,12-15H2,1-3H3. The van der Waals surface area contributed by atoms with Crippen LogP contribution < -0.4 is 4.74 Å². The number of methoxy groups -OCH3 is 1. The number of para-hydroxylation sites is 1. The molecule has 0 radical (unpaired) electrons. The molecule has 1 fully saturated rings. The van der Waals surface area contributed by atoms with Crippen LogP contribution in [0.15, 0.2) is 36.7 Å². The Morgan fingerprint density at radius 3 is 2.88 bits per heavy atom. The van der Waals surface area contributed by atoms with Crippen molar-refractivity contribution in [3.05, 3.63) is 48.0 Å². The molecule has 0 amide bonds. The van der Waals surface area contributed by atoms with Gasteiger partial charge in [0.05, 0.1) is 19.7 Å². The van der Waals surface area contributed by atoms with Crippen molar-refractivity contribution in [2.45, 2.75) is 32.5 Å². The number of aromatic nitrogens is 2. The average Bonchev–Trinajstić information content (AvgIpc) is 3.04. The fraction of sp³-hybridized carbons (Fsp3) is 0.526. The molecule has 24 heavy (non-hydrogen) atoms. The van der Waals surface area contributed by atoms with Gasteiger partial charge >= 0.3 is 0 Å². The van der Waals surface area contributed by atoms with Crippen LogP contribution in [0.25, 0.3) is 0 Å².